The molecule has 0 radical (unpaired) electrons. The van der Waals surface area contributed by atoms with Crippen LogP contribution in [-0.4, -0.2) is 55.9 Å². The number of carbonyl (C=O) groups excluding carboxylic acids is 2. The van der Waals surface area contributed by atoms with E-state index >= 15 is 0 Å². The summed E-state index contributed by atoms with van der Waals surface area (Å²) in [5, 5.41) is 1.85. The minimum absolute atomic E-state index is 0.0650. The second kappa shape index (κ2) is 5.82. The van der Waals surface area contributed by atoms with E-state index in [-0.39, 0.29) is 43.0 Å². The van der Waals surface area contributed by atoms with Crippen molar-refractivity contribution in [1.29, 1.82) is 0 Å². The molecule has 25 heavy (non-hydrogen) atoms. The van der Waals surface area contributed by atoms with Gasteiger partial charge in [-0.2, -0.15) is 4.31 Å². The molecular weight excluding hydrogens is 344 g/mol. The van der Waals surface area contributed by atoms with Crippen LogP contribution < -0.4 is 0 Å². The normalized spacial score (nSPS) is 19.3. The zero-order valence-electron chi connectivity index (χ0n) is 13.3. The highest BCUT2D eigenvalue weighted by Crippen LogP contribution is 2.28. The van der Waals surface area contributed by atoms with Crippen molar-refractivity contribution < 1.29 is 22.7 Å². The lowest BCUT2D eigenvalue weighted by atomic mass is 10.0. The molecule has 8 heteroatoms. The number of carbonyl (C=O) groups is 2. The third-order valence-corrected chi connectivity index (χ3v) is 6.39. The van der Waals surface area contributed by atoms with Crippen molar-refractivity contribution in [1.82, 2.24) is 9.21 Å². The van der Waals surface area contributed by atoms with Crippen molar-refractivity contribution in [2.24, 2.45) is 5.92 Å². The molecule has 0 saturated carbocycles. The van der Waals surface area contributed by atoms with E-state index < -0.39 is 16.1 Å². The maximum Gasteiger partial charge on any atom is 0.417 e. The van der Waals surface area contributed by atoms with Crippen molar-refractivity contribution in [3.63, 3.8) is 0 Å². The highest BCUT2D eigenvalue weighted by Gasteiger charge is 2.41. The van der Waals surface area contributed by atoms with Crippen LogP contribution in [0.15, 0.2) is 47.4 Å². The lowest BCUT2D eigenvalue weighted by Crippen LogP contribution is -2.54. The van der Waals surface area contributed by atoms with Gasteiger partial charge in [0.25, 0.3) is 5.91 Å². The van der Waals surface area contributed by atoms with Gasteiger partial charge in [0.15, 0.2) is 6.61 Å². The molecule has 7 nitrogen and oxygen atoms in total. The van der Waals surface area contributed by atoms with Gasteiger partial charge in [0.05, 0.1) is 4.90 Å². The zero-order valence-corrected chi connectivity index (χ0v) is 14.1. The Bertz CT molecular complexity index is 950. The van der Waals surface area contributed by atoms with E-state index in [1.54, 1.807) is 18.2 Å². The van der Waals surface area contributed by atoms with E-state index in [2.05, 4.69) is 4.74 Å². The number of sulfonamides is 1. The maximum atomic E-state index is 12.7. The molecule has 0 aromatic heterocycles. The van der Waals surface area contributed by atoms with Crippen LogP contribution in [-0.2, 0) is 19.6 Å². The summed E-state index contributed by atoms with van der Waals surface area (Å²) in [6.07, 6.45) is -0.652. The molecule has 2 aromatic rings. The van der Waals surface area contributed by atoms with E-state index in [1.807, 2.05) is 24.3 Å². The van der Waals surface area contributed by atoms with E-state index in [0.29, 0.717) is 0 Å². The Morgan fingerprint density at radius 3 is 2.44 bits per heavy atom. The highest BCUT2D eigenvalue weighted by molar-refractivity contribution is 7.89. The third kappa shape index (κ3) is 2.77. The summed E-state index contributed by atoms with van der Waals surface area (Å²) in [5.74, 6) is -0.439. The van der Waals surface area contributed by atoms with Gasteiger partial charge in [0, 0.05) is 25.6 Å². The quantitative estimate of drug-likeness (QED) is 0.824. The number of imide groups is 1. The largest absolute Gasteiger partial charge is 0.439 e. The first-order valence-corrected chi connectivity index (χ1v) is 9.35. The molecule has 4 rings (SSSR count). The summed E-state index contributed by atoms with van der Waals surface area (Å²) in [4.78, 5) is 24.3. The number of hydrogen-bond acceptors (Lipinski definition) is 5. The summed E-state index contributed by atoms with van der Waals surface area (Å²) in [7, 11) is -3.57. The SMILES string of the molecule is O=C1COC(=O)N1CC1CN(S(=O)(=O)c2ccc3ccccc3c2)C1. The van der Waals surface area contributed by atoms with Crippen LogP contribution in [0.25, 0.3) is 10.8 Å². The Kier molecular flexibility index (Phi) is 3.73. The molecule has 0 aliphatic carbocycles. The minimum Gasteiger partial charge on any atom is -0.439 e. The van der Waals surface area contributed by atoms with Crippen molar-refractivity contribution >= 4 is 32.8 Å². The summed E-state index contributed by atoms with van der Waals surface area (Å²) in [6.45, 7) is 0.532. The molecule has 0 N–H and O–H groups in total. The molecule has 2 aliphatic heterocycles. The van der Waals surface area contributed by atoms with Gasteiger partial charge in [0.2, 0.25) is 10.0 Å². The molecule has 2 saturated heterocycles. The fourth-order valence-corrected chi connectivity index (χ4v) is 4.76. The Morgan fingerprint density at radius 2 is 1.76 bits per heavy atom. The number of nitrogens with zero attached hydrogens (tertiary/aromatic N) is 2. The molecule has 0 unspecified atom stereocenters. The molecule has 2 heterocycles. The lowest BCUT2D eigenvalue weighted by molar-refractivity contribution is -0.126. The Morgan fingerprint density at radius 1 is 1.04 bits per heavy atom. The van der Waals surface area contributed by atoms with Gasteiger partial charge in [-0.25, -0.2) is 18.1 Å². The van der Waals surface area contributed by atoms with Crippen molar-refractivity contribution in [3.8, 4) is 0 Å². The Labute approximate surface area is 144 Å². The van der Waals surface area contributed by atoms with Gasteiger partial charge in [-0.1, -0.05) is 30.3 Å². The molecule has 2 aliphatic rings. The second-order valence-corrected chi connectivity index (χ2v) is 8.19. The molecule has 2 amide bonds. The smallest absolute Gasteiger partial charge is 0.417 e. The number of ether oxygens (including phenoxy) is 1. The first-order chi connectivity index (χ1) is 11.9. The number of amides is 2. The summed E-state index contributed by atoms with van der Waals surface area (Å²) in [6, 6.07) is 12.6. The van der Waals surface area contributed by atoms with Crippen LogP contribution in [0.4, 0.5) is 4.79 Å². The van der Waals surface area contributed by atoms with Crippen molar-refractivity contribution in [2.45, 2.75) is 4.90 Å². The fraction of sp³-hybridized carbons (Fsp3) is 0.294. The van der Waals surface area contributed by atoms with Gasteiger partial charge < -0.3 is 4.74 Å². The topological polar surface area (TPSA) is 84.0 Å². The van der Waals surface area contributed by atoms with Crippen LogP contribution in [0.3, 0.4) is 0 Å². The van der Waals surface area contributed by atoms with Crippen LogP contribution >= 0.6 is 0 Å². The number of benzene rings is 2. The molecule has 0 bridgehead atoms. The molecule has 130 valence electrons. The molecule has 0 atom stereocenters. The van der Waals surface area contributed by atoms with Crippen molar-refractivity contribution in [2.75, 3.05) is 26.2 Å². The maximum absolute atomic E-state index is 12.7. The van der Waals surface area contributed by atoms with Gasteiger partial charge >= 0.3 is 6.09 Å². The number of hydrogen-bond donors (Lipinski definition) is 0. The summed E-state index contributed by atoms with van der Waals surface area (Å²) in [5.41, 5.74) is 0. The van der Waals surface area contributed by atoms with E-state index in [0.717, 1.165) is 15.7 Å². The highest BCUT2D eigenvalue weighted by atomic mass is 32.2. The van der Waals surface area contributed by atoms with Crippen LogP contribution in [0.2, 0.25) is 0 Å². The molecular formula is C17H16N2O5S. The lowest BCUT2D eigenvalue weighted by Gasteiger charge is -2.39. The van der Waals surface area contributed by atoms with Gasteiger partial charge in [-0.15, -0.1) is 0 Å². The predicted octanol–water partition coefficient (Wildman–Crippen LogP) is 1.44. The van der Waals surface area contributed by atoms with E-state index in [4.69, 9.17) is 0 Å². The monoisotopic (exact) mass is 360 g/mol. The molecule has 2 aromatic carbocycles. The summed E-state index contributed by atoms with van der Waals surface area (Å²) < 4.78 is 31.5. The standard InChI is InChI=1S/C17H16N2O5S/c20-16-11-24-17(21)19(16)10-12-8-18(9-12)25(22,23)15-6-5-13-3-1-2-4-14(13)7-15/h1-7,12H,8-11H2. The molecule has 2 fully saturated rings. The molecule has 0 spiro atoms. The average molecular weight is 360 g/mol. The zero-order chi connectivity index (χ0) is 17.6. The Balaban J connectivity index is 1.47. The number of fused-ring (bicyclic) bond motifs is 1. The third-order valence-electron chi connectivity index (χ3n) is 4.56. The van der Waals surface area contributed by atoms with Crippen molar-refractivity contribution in [3.05, 3.63) is 42.5 Å². The van der Waals surface area contributed by atoms with Crippen LogP contribution in [0, 0.1) is 5.92 Å². The van der Waals surface area contributed by atoms with Gasteiger partial charge in [-0.05, 0) is 22.9 Å². The Hall–Kier alpha value is -2.45. The van der Waals surface area contributed by atoms with E-state index in [9.17, 15) is 18.0 Å². The number of rotatable bonds is 4. The second-order valence-electron chi connectivity index (χ2n) is 6.26. The van der Waals surface area contributed by atoms with Crippen LogP contribution in [0.1, 0.15) is 0 Å². The minimum atomic E-state index is -3.57. The average Bonchev–Trinajstić information content (AvgIpc) is 2.88. The van der Waals surface area contributed by atoms with Gasteiger partial charge in [-0.3, -0.25) is 4.79 Å². The summed E-state index contributed by atoms with van der Waals surface area (Å²) >= 11 is 0. The van der Waals surface area contributed by atoms with E-state index in [1.165, 1.54) is 4.31 Å². The van der Waals surface area contributed by atoms with Gasteiger partial charge in [0.1, 0.15) is 0 Å². The predicted molar refractivity (Wildman–Crippen MR) is 89.3 cm³/mol. The first-order valence-electron chi connectivity index (χ1n) is 7.91. The van der Waals surface area contributed by atoms with Crippen LogP contribution in [0.5, 0.6) is 0 Å². The fourth-order valence-electron chi connectivity index (χ4n) is 3.13. The first kappa shape index (κ1) is 16.0. The number of cyclic esters (lactones) is 1.